The van der Waals surface area contributed by atoms with Crippen LogP contribution in [-0.4, -0.2) is 53.0 Å². The third-order valence-corrected chi connectivity index (χ3v) is 7.28. The predicted octanol–water partition coefficient (Wildman–Crippen LogP) is 3.62. The maximum absolute atomic E-state index is 13.1. The maximum atomic E-state index is 13.1. The zero-order valence-corrected chi connectivity index (χ0v) is 20.5. The summed E-state index contributed by atoms with van der Waals surface area (Å²) in [6, 6.07) is 14.4. The predicted molar refractivity (Wildman–Crippen MR) is 133 cm³/mol. The summed E-state index contributed by atoms with van der Waals surface area (Å²) < 4.78 is 11.8. The summed E-state index contributed by atoms with van der Waals surface area (Å²) in [5, 5.41) is 2.78. The van der Waals surface area contributed by atoms with Crippen molar-refractivity contribution >= 4 is 11.8 Å². The molecular formula is C28H33N3O4. The minimum absolute atomic E-state index is 0.117. The van der Waals surface area contributed by atoms with Gasteiger partial charge in [0.25, 0.3) is 5.91 Å². The van der Waals surface area contributed by atoms with Crippen LogP contribution in [0.5, 0.6) is 5.75 Å². The van der Waals surface area contributed by atoms with Crippen LogP contribution in [0.25, 0.3) is 0 Å². The fourth-order valence-corrected chi connectivity index (χ4v) is 5.23. The van der Waals surface area contributed by atoms with Gasteiger partial charge in [0.05, 0.1) is 19.8 Å². The lowest BCUT2D eigenvalue weighted by atomic mass is 10.0. The number of nitrogens with zero attached hydrogens (tertiary/aromatic N) is 2. The number of carbonyl (C=O) groups is 2. The zero-order valence-electron chi connectivity index (χ0n) is 20.5. The van der Waals surface area contributed by atoms with Gasteiger partial charge >= 0.3 is 0 Å². The molecule has 1 unspecified atom stereocenters. The van der Waals surface area contributed by atoms with Gasteiger partial charge in [0.1, 0.15) is 18.4 Å². The van der Waals surface area contributed by atoms with Crippen molar-refractivity contribution in [1.82, 2.24) is 15.1 Å². The monoisotopic (exact) mass is 475 g/mol. The van der Waals surface area contributed by atoms with E-state index in [4.69, 9.17) is 9.47 Å². The lowest BCUT2D eigenvalue weighted by Gasteiger charge is -2.38. The van der Waals surface area contributed by atoms with Gasteiger partial charge in [-0.15, -0.1) is 0 Å². The molecule has 3 aliphatic rings. The number of ether oxygens (including phenoxy) is 2. The SMILES string of the molecule is C=C1CCC(N2Cc3c(OCc4ccc(CN5[C@H](C)COC[C@@H]5C)cc4)cccc3C2=O)C(=O)N1. The molecule has 2 aromatic carbocycles. The summed E-state index contributed by atoms with van der Waals surface area (Å²) in [4.78, 5) is 29.7. The Balaban J connectivity index is 1.23. The molecule has 2 amide bonds. The molecule has 2 saturated heterocycles. The number of piperidine rings is 1. The van der Waals surface area contributed by atoms with Gasteiger partial charge in [-0.05, 0) is 49.9 Å². The van der Waals surface area contributed by atoms with Gasteiger partial charge in [-0.2, -0.15) is 0 Å². The van der Waals surface area contributed by atoms with E-state index < -0.39 is 6.04 Å². The second-order valence-electron chi connectivity index (χ2n) is 9.88. The van der Waals surface area contributed by atoms with E-state index in [1.807, 2.05) is 18.2 Å². The minimum atomic E-state index is -0.474. The Hall–Kier alpha value is -3.16. The standard InChI is InChI=1S/C28H33N3O4/c1-18-7-12-25(27(32)29-18)31-14-24-23(28(31)33)5-4-6-26(24)35-17-22-10-8-21(9-11-22)13-30-19(2)15-34-16-20(30)3/h4-6,8-11,19-20,25H,1,7,12-17H2,2-3H3,(H,29,32)/t19-,20+,25?. The largest absolute Gasteiger partial charge is 0.489 e. The molecule has 5 rings (SSSR count). The molecule has 7 nitrogen and oxygen atoms in total. The number of amides is 2. The lowest BCUT2D eigenvalue weighted by Crippen LogP contribution is -2.49. The Bertz CT molecular complexity index is 1120. The van der Waals surface area contributed by atoms with Crippen LogP contribution in [0, 0.1) is 0 Å². The third kappa shape index (κ3) is 4.83. The summed E-state index contributed by atoms with van der Waals surface area (Å²) in [5.41, 5.74) is 4.51. The number of morpholine rings is 1. The van der Waals surface area contributed by atoms with Crippen molar-refractivity contribution in [2.24, 2.45) is 0 Å². The van der Waals surface area contributed by atoms with E-state index in [1.165, 1.54) is 5.56 Å². The molecule has 0 saturated carbocycles. The molecule has 3 aliphatic heterocycles. The molecule has 0 aliphatic carbocycles. The molecule has 3 heterocycles. The summed E-state index contributed by atoms with van der Waals surface area (Å²) in [7, 11) is 0. The molecule has 0 radical (unpaired) electrons. The van der Waals surface area contributed by atoms with Crippen LogP contribution in [0.2, 0.25) is 0 Å². The smallest absolute Gasteiger partial charge is 0.255 e. The van der Waals surface area contributed by atoms with Crippen molar-refractivity contribution in [3.63, 3.8) is 0 Å². The molecular weight excluding hydrogens is 442 g/mol. The molecule has 0 aromatic heterocycles. The third-order valence-electron chi connectivity index (χ3n) is 7.28. The average Bonchev–Trinajstić information content (AvgIpc) is 3.18. The van der Waals surface area contributed by atoms with Gasteiger partial charge in [-0.25, -0.2) is 0 Å². The fourth-order valence-electron chi connectivity index (χ4n) is 5.23. The first-order chi connectivity index (χ1) is 16.9. The summed E-state index contributed by atoms with van der Waals surface area (Å²) in [6.45, 7) is 11.5. The lowest BCUT2D eigenvalue weighted by molar-refractivity contribution is -0.126. The van der Waals surface area contributed by atoms with Crippen LogP contribution in [0.1, 0.15) is 53.7 Å². The van der Waals surface area contributed by atoms with Crippen LogP contribution in [0.15, 0.2) is 54.7 Å². The number of benzene rings is 2. The summed E-state index contributed by atoms with van der Waals surface area (Å²) in [6.07, 6.45) is 1.27. The molecule has 184 valence electrons. The molecule has 3 atom stereocenters. The van der Waals surface area contributed by atoms with Gasteiger partial charge in [-0.3, -0.25) is 14.5 Å². The van der Waals surface area contributed by atoms with E-state index in [0.717, 1.165) is 30.9 Å². The average molecular weight is 476 g/mol. The summed E-state index contributed by atoms with van der Waals surface area (Å²) >= 11 is 0. The molecule has 7 heteroatoms. The number of allylic oxidation sites excluding steroid dienone is 1. The van der Waals surface area contributed by atoms with E-state index in [2.05, 4.69) is 54.9 Å². The van der Waals surface area contributed by atoms with Crippen LogP contribution in [-0.2, 0) is 29.2 Å². The van der Waals surface area contributed by atoms with Crippen molar-refractivity contribution in [2.75, 3.05) is 13.2 Å². The van der Waals surface area contributed by atoms with Crippen molar-refractivity contribution in [1.29, 1.82) is 0 Å². The minimum Gasteiger partial charge on any atom is -0.489 e. The van der Waals surface area contributed by atoms with Crippen molar-refractivity contribution < 1.29 is 19.1 Å². The normalized spacial score (nSPS) is 24.9. The van der Waals surface area contributed by atoms with E-state index in [0.29, 0.717) is 55.1 Å². The number of hydrogen-bond donors (Lipinski definition) is 1. The van der Waals surface area contributed by atoms with Crippen molar-refractivity contribution in [3.05, 3.63) is 77.0 Å². The first-order valence-electron chi connectivity index (χ1n) is 12.4. The number of hydrogen-bond acceptors (Lipinski definition) is 5. The van der Waals surface area contributed by atoms with Crippen LogP contribution in [0.4, 0.5) is 0 Å². The molecule has 2 aromatic rings. The number of carbonyl (C=O) groups excluding carboxylic acids is 2. The second-order valence-corrected chi connectivity index (χ2v) is 9.88. The Labute approximate surface area is 206 Å². The van der Waals surface area contributed by atoms with E-state index in [9.17, 15) is 9.59 Å². The number of nitrogens with one attached hydrogen (secondary N) is 1. The second kappa shape index (κ2) is 9.84. The Morgan fingerprint density at radius 1 is 1.06 bits per heavy atom. The van der Waals surface area contributed by atoms with Crippen LogP contribution in [0.3, 0.4) is 0 Å². The quantitative estimate of drug-likeness (QED) is 0.691. The molecule has 1 N–H and O–H groups in total. The topological polar surface area (TPSA) is 71.1 Å². The Morgan fingerprint density at radius 2 is 1.77 bits per heavy atom. The highest BCUT2D eigenvalue weighted by atomic mass is 16.5. The van der Waals surface area contributed by atoms with Gasteiger partial charge in [-0.1, -0.05) is 36.9 Å². The molecule has 0 bridgehead atoms. The van der Waals surface area contributed by atoms with Crippen LogP contribution >= 0.6 is 0 Å². The zero-order chi connectivity index (χ0) is 24.5. The summed E-state index contributed by atoms with van der Waals surface area (Å²) in [5.74, 6) is 0.416. The highest BCUT2D eigenvalue weighted by Gasteiger charge is 2.39. The van der Waals surface area contributed by atoms with Gasteiger partial charge in [0.2, 0.25) is 5.91 Å². The van der Waals surface area contributed by atoms with Gasteiger partial charge in [0.15, 0.2) is 0 Å². The Kier molecular flexibility index (Phi) is 6.62. The van der Waals surface area contributed by atoms with Crippen LogP contribution < -0.4 is 10.1 Å². The number of rotatable bonds is 6. The highest BCUT2D eigenvalue weighted by Crippen LogP contribution is 2.34. The molecule has 2 fully saturated rings. The first-order valence-corrected chi connectivity index (χ1v) is 12.4. The van der Waals surface area contributed by atoms with Crippen molar-refractivity contribution in [2.45, 2.75) is 64.5 Å². The first kappa shape index (κ1) is 23.6. The van der Waals surface area contributed by atoms with E-state index in [1.54, 1.807) is 4.90 Å². The van der Waals surface area contributed by atoms with Crippen molar-refractivity contribution in [3.8, 4) is 5.75 Å². The Morgan fingerprint density at radius 3 is 2.49 bits per heavy atom. The fraction of sp³-hybridized carbons (Fsp3) is 0.429. The van der Waals surface area contributed by atoms with E-state index >= 15 is 0 Å². The van der Waals surface area contributed by atoms with E-state index in [-0.39, 0.29) is 11.8 Å². The van der Waals surface area contributed by atoms with Gasteiger partial charge in [0, 0.05) is 35.5 Å². The number of fused-ring (bicyclic) bond motifs is 1. The molecule has 35 heavy (non-hydrogen) atoms. The maximum Gasteiger partial charge on any atom is 0.255 e. The highest BCUT2D eigenvalue weighted by molar-refractivity contribution is 6.02. The molecule has 0 spiro atoms. The van der Waals surface area contributed by atoms with Gasteiger partial charge < -0.3 is 19.7 Å².